The van der Waals surface area contributed by atoms with E-state index in [1.165, 1.54) is 0 Å². The van der Waals surface area contributed by atoms with Crippen LogP contribution in [0.4, 0.5) is 13.2 Å². The smallest absolute Gasteiger partial charge is 0.330 e. The molecule has 5 nitrogen and oxygen atoms in total. The van der Waals surface area contributed by atoms with Crippen LogP contribution in [0.1, 0.15) is 18.9 Å². The fourth-order valence-electron chi connectivity index (χ4n) is 2.31. The predicted molar refractivity (Wildman–Crippen MR) is 77.0 cm³/mol. The third kappa shape index (κ3) is 3.53. The van der Waals surface area contributed by atoms with E-state index < -0.39 is 32.1 Å². The van der Waals surface area contributed by atoms with Crippen molar-refractivity contribution in [3.05, 3.63) is 24.0 Å². The van der Waals surface area contributed by atoms with E-state index in [0.717, 1.165) is 16.7 Å². The van der Waals surface area contributed by atoms with Gasteiger partial charge in [-0.15, -0.1) is 12.4 Å². The van der Waals surface area contributed by atoms with Crippen molar-refractivity contribution in [1.29, 1.82) is 0 Å². The fraction of sp³-hybridized carbons (Fsp3) is 0.583. The van der Waals surface area contributed by atoms with Gasteiger partial charge in [-0.3, -0.25) is 4.98 Å². The van der Waals surface area contributed by atoms with Gasteiger partial charge in [0.15, 0.2) is 0 Å². The normalized spacial score (nSPS) is 23.3. The number of nitrogens with two attached hydrogens (primary N) is 1. The molecule has 0 aliphatic carbocycles. The Morgan fingerprint density at radius 2 is 2.09 bits per heavy atom. The zero-order chi connectivity index (χ0) is 15.9. The molecule has 0 amide bonds. The standard InChI is InChI=1S/C12H16F3N3O2S.ClH/c1-11(7-16)3-5-18(8-11)21(19,20)10-6-17-4-2-9(10)12(13,14)15;/h2,4,6H,3,5,7-8,16H2,1H3;1H. The SMILES string of the molecule is CC1(CN)CCN(S(=O)(=O)c2cnccc2C(F)(F)F)C1.Cl. The lowest BCUT2D eigenvalue weighted by Gasteiger charge is -2.23. The first-order valence-electron chi connectivity index (χ1n) is 6.32. The molecule has 126 valence electrons. The lowest BCUT2D eigenvalue weighted by Crippen LogP contribution is -2.35. The van der Waals surface area contributed by atoms with Crippen LogP contribution in [0.25, 0.3) is 0 Å². The number of halogens is 4. The van der Waals surface area contributed by atoms with Crippen LogP contribution in [0.3, 0.4) is 0 Å². The molecule has 1 fully saturated rings. The number of pyridine rings is 1. The van der Waals surface area contributed by atoms with Gasteiger partial charge < -0.3 is 5.73 Å². The summed E-state index contributed by atoms with van der Waals surface area (Å²) in [7, 11) is -4.24. The van der Waals surface area contributed by atoms with Crippen molar-refractivity contribution in [3.8, 4) is 0 Å². The van der Waals surface area contributed by atoms with E-state index in [0.29, 0.717) is 12.5 Å². The lowest BCUT2D eigenvalue weighted by molar-refractivity contribution is -0.140. The highest BCUT2D eigenvalue weighted by Crippen LogP contribution is 2.37. The second-order valence-corrected chi connectivity index (χ2v) is 7.38. The predicted octanol–water partition coefficient (Wildman–Crippen LogP) is 1.88. The molecule has 0 bridgehead atoms. The maximum absolute atomic E-state index is 13.0. The molecule has 1 saturated heterocycles. The van der Waals surface area contributed by atoms with E-state index in [9.17, 15) is 21.6 Å². The second-order valence-electron chi connectivity index (χ2n) is 5.47. The van der Waals surface area contributed by atoms with Gasteiger partial charge in [0, 0.05) is 25.5 Å². The summed E-state index contributed by atoms with van der Waals surface area (Å²) in [5.74, 6) is 0. The molecule has 1 aromatic heterocycles. The Hall–Kier alpha value is -0.900. The summed E-state index contributed by atoms with van der Waals surface area (Å²) in [6.45, 7) is 2.36. The quantitative estimate of drug-likeness (QED) is 0.894. The molecule has 10 heteroatoms. The third-order valence-electron chi connectivity index (χ3n) is 3.72. The maximum atomic E-state index is 13.0. The van der Waals surface area contributed by atoms with Crippen molar-refractivity contribution in [2.75, 3.05) is 19.6 Å². The molecule has 0 radical (unpaired) electrons. The molecule has 0 saturated carbocycles. The summed E-state index contributed by atoms with van der Waals surface area (Å²) in [6.07, 6.45) is -2.56. The summed E-state index contributed by atoms with van der Waals surface area (Å²) < 4.78 is 64.8. The van der Waals surface area contributed by atoms with Crippen LogP contribution >= 0.6 is 12.4 Å². The first-order chi connectivity index (χ1) is 9.60. The summed E-state index contributed by atoms with van der Waals surface area (Å²) in [6, 6.07) is 0.672. The van der Waals surface area contributed by atoms with Gasteiger partial charge in [0.1, 0.15) is 4.90 Å². The van der Waals surface area contributed by atoms with Gasteiger partial charge in [0.05, 0.1) is 5.56 Å². The van der Waals surface area contributed by atoms with E-state index in [1.807, 2.05) is 6.92 Å². The van der Waals surface area contributed by atoms with Gasteiger partial charge >= 0.3 is 6.18 Å². The van der Waals surface area contributed by atoms with Crippen molar-refractivity contribution in [3.63, 3.8) is 0 Å². The number of hydrogen-bond donors (Lipinski definition) is 1. The lowest BCUT2D eigenvalue weighted by atomic mass is 9.90. The zero-order valence-electron chi connectivity index (χ0n) is 11.8. The van der Waals surface area contributed by atoms with Crippen LogP contribution in [-0.2, 0) is 16.2 Å². The number of aromatic nitrogens is 1. The number of rotatable bonds is 3. The molecular formula is C12H17ClF3N3O2S. The molecule has 1 aliphatic heterocycles. The second kappa shape index (κ2) is 6.31. The van der Waals surface area contributed by atoms with Gasteiger partial charge in [-0.1, -0.05) is 6.92 Å². The first kappa shape index (κ1) is 19.1. The minimum Gasteiger partial charge on any atom is -0.330 e. The zero-order valence-corrected chi connectivity index (χ0v) is 13.4. The monoisotopic (exact) mass is 359 g/mol. The van der Waals surface area contributed by atoms with Gasteiger partial charge in [-0.05, 0) is 24.4 Å². The van der Waals surface area contributed by atoms with Crippen LogP contribution in [0.5, 0.6) is 0 Å². The van der Waals surface area contributed by atoms with Gasteiger partial charge in [0.2, 0.25) is 10.0 Å². The Balaban J connectivity index is 0.00000242. The van der Waals surface area contributed by atoms with Crippen LogP contribution in [0.15, 0.2) is 23.4 Å². The maximum Gasteiger partial charge on any atom is 0.417 e. The number of sulfonamides is 1. The van der Waals surface area contributed by atoms with E-state index in [2.05, 4.69) is 4.98 Å². The van der Waals surface area contributed by atoms with Gasteiger partial charge in [-0.25, -0.2) is 8.42 Å². The van der Waals surface area contributed by atoms with Crippen LogP contribution in [0.2, 0.25) is 0 Å². The number of nitrogens with zero attached hydrogens (tertiary/aromatic N) is 2. The van der Waals surface area contributed by atoms with Crippen molar-refractivity contribution < 1.29 is 21.6 Å². The van der Waals surface area contributed by atoms with Crippen molar-refractivity contribution in [2.24, 2.45) is 11.1 Å². The number of hydrogen-bond acceptors (Lipinski definition) is 4. The highest BCUT2D eigenvalue weighted by atomic mass is 35.5. The fourth-order valence-corrected chi connectivity index (χ4v) is 4.06. The molecule has 0 spiro atoms. The molecule has 1 aliphatic rings. The first-order valence-corrected chi connectivity index (χ1v) is 7.76. The average molecular weight is 360 g/mol. The Morgan fingerprint density at radius 3 is 2.59 bits per heavy atom. The van der Waals surface area contributed by atoms with Crippen molar-refractivity contribution in [2.45, 2.75) is 24.4 Å². The molecule has 22 heavy (non-hydrogen) atoms. The average Bonchev–Trinajstić information content (AvgIpc) is 2.82. The molecule has 2 N–H and O–H groups in total. The van der Waals surface area contributed by atoms with Gasteiger partial charge in [0.25, 0.3) is 0 Å². The summed E-state index contributed by atoms with van der Waals surface area (Å²) in [4.78, 5) is 2.72. The summed E-state index contributed by atoms with van der Waals surface area (Å²) >= 11 is 0. The third-order valence-corrected chi connectivity index (χ3v) is 5.60. The number of alkyl halides is 3. The van der Waals surface area contributed by atoms with Crippen LogP contribution in [-0.4, -0.2) is 37.3 Å². The molecule has 0 aromatic carbocycles. The summed E-state index contributed by atoms with van der Waals surface area (Å²) in [5.41, 5.74) is 3.99. The van der Waals surface area contributed by atoms with E-state index in [-0.39, 0.29) is 32.0 Å². The summed E-state index contributed by atoms with van der Waals surface area (Å²) in [5, 5.41) is 0. The van der Waals surface area contributed by atoms with E-state index in [4.69, 9.17) is 5.73 Å². The minimum atomic E-state index is -4.75. The van der Waals surface area contributed by atoms with Crippen molar-refractivity contribution in [1.82, 2.24) is 9.29 Å². The largest absolute Gasteiger partial charge is 0.417 e. The van der Waals surface area contributed by atoms with E-state index in [1.54, 1.807) is 0 Å². The van der Waals surface area contributed by atoms with Crippen LogP contribution in [0, 0.1) is 5.41 Å². The highest BCUT2D eigenvalue weighted by molar-refractivity contribution is 7.89. The van der Waals surface area contributed by atoms with Crippen molar-refractivity contribution >= 4 is 22.4 Å². The Kier molecular flexibility index (Phi) is 5.49. The molecule has 1 aromatic rings. The molecule has 1 atom stereocenters. The van der Waals surface area contributed by atoms with E-state index >= 15 is 0 Å². The molecule has 1 unspecified atom stereocenters. The highest BCUT2D eigenvalue weighted by Gasteiger charge is 2.43. The topological polar surface area (TPSA) is 76.3 Å². The Bertz CT molecular complexity index is 639. The van der Waals surface area contributed by atoms with Crippen LogP contribution < -0.4 is 5.73 Å². The Morgan fingerprint density at radius 1 is 1.45 bits per heavy atom. The Labute approximate surface area is 133 Å². The molecular weight excluding hydrogens is 343 g/mol. The molecule has 2 rings (SSSR count). The minimum absolute atomic E-state index is 0. The molecule has 2 heterocycles. The van der Waals surface area contributed by atoms with Gasteiger partial charge in [-0.2, -0.15) is 17.5 Å².